The number of pyridine rings is 1. The normalized spacial score (nSPS) is 11.7. The molecule has 0 aliphatic carbocycles. The summed E-state index contributed by atoms with van der Waals surface area (Å²) >= 11 is 5.20. The lowest BCUT2D eigenvalue weighted by atomic mass is 10.1. The van der Waals surface area contributed by atoms with Crippen LogP contribution in [0.2, 0.25) is 0 Å². The Kier molecular flexibility index (Phi) is 3.21. The molecule has 0 aliphatic heterocycles. The SMILES string of the molecule is CC(C)(C)NC(=O)Cn1c(=S)[nH]c2cccnc21. The quantitative estimate of drug-likeness (QED) is 0.816. The molecule has 2 heterocycles. The summed E-state index contributed by atoms with van der Waals surface area (Å²) in [5, 5.41) is 2.90. The fraction of sp³-hybridized carbons (Fsp3) is 0.417. The third-order valence-electron chi connectivity index (χ3n) is 2.35. The number of nitrogens with one attached hydrogen (secondary N) is 2. The molecule has 0 saturated heterocycles. The lowest BCUT2D eigenvalue weighted by molar-refractivity contribution is -0.123. The smallest absolute Gasteiger partial charge is 0.240 e. The number of amides is 1. The molecular weight excluding hydrogens is 248 g/mol. The zero-order chi connectivity index (χ0) is 13.3. The molecule has 2 aromatic rings. The lowest BCUT2D eigenvalue weighted by Crippen LogP contribution is -2.42. The molecule has 0 aromatic carbocycles. The fourth-order valence-corrected chi connectivity index (χ4v) is 2.00. The molecule has 2 N–H and O–H groups in total. The number of imidazole rings is 1. The monoisotopic (exact) mass is 264 g/mol. The molecule has 18 heavy (non-hydrogen) atoms. The van der Waals surface area contributed by atoms with Gasteiger partial charge in [-0.25, -0.2) is 4.98 Å². The minimum absolute atomic E-state index is 0.0786. The number of hydrogen-bond acceptors (Lipinski definition) is 3. The van der Waals surface area contributed by atoms with Crippen molar-refractivity contribution in [3.63, 3.8) is 0 Å². The molecule has 0 unspecified atom stereocenters. The summed E-state index contributed by atoms with van der Waals surface area (Å²) in [5.74, 6) is -0.0786. The van der Waals surface area contributed by atoms with E-state index in [4.69, 9.17) is 12.2 Å². The molecule has 2 rings (SSSR count). The van der Waals surface area contributed by atoms with Crippen LogP contribution in [0.4, 0.5) is 0 Å². The molecule has 0 fully saturated rings. The molecular formula is C12H16N4OS. The van der Waals surface area contributed by atoms with Crippen LogP contribution in [0.1, 0.15) is 20.8 Å². The molecule has 0 bridgehead atoms. The maximum atomic E-state index is 11.9. The number of aromatic nitrogens is 3. The highest BCUT2D eigenvalue weighted by Gasteiger charge is 2.15. The number of nitrogens with zero attached hydrogens (tertiary/aromatic N) is 2. The Bertz CT molecular complexity index is 635. The number of aromatic amines is 1. The zero-order valence-electron chi connectivity index (χ0n) is 10.7. The Morgan fingerprint density at radius 1 is 1.56 bits per heavy atom. The van der Waals surface area contributed by atoms with E-state index in [0.29, 0.717) is 10.4 Å². The van der Waals surface area contributed by atoms with Crippen LogP contribution in [0.25, 0.3) is 11.2 Å². The van der Waals surface area contributed by atoms with Gasteiger partial charge in [0.15, 0.2) is 10.4 Å². The third-order valence-corrected chi connectivity index (χ3v) is 2.67. The molecule has 0 spiro atoms. The number of H-pyrrole nitrogens is 1. The van der Waals surface area contributed by atoms with Crippen LogP contribution in [-0.2, 0) is 11.3 Å². The Hall–Kier alpha value is -1.69. The molecule has 2 aromatic heterocycles. The summed E-state index contributed by atoms with van der Waals surface area (Å²) in [4.78, 5) is 19.2. The van der Waals surface area contributed by atoms with Crippen molar-refractivity contribution in [2.24, 2.45) is 0 Å². The van der Waals surface area contributed by atoms with E-state index in [2.05, 4.69) is 15.3 Å². The largest absolute Gasteiger partial charge is 0.350 e. The highest BCUT2D eigenvalue weighted by molar-refractivity contribution is 7.71. The van der Waals surface area contributed by atoms with Gasteiger partial charge in [0.05, 0.1) is 5.52 Å². The lowest BCUT2D eigenvalue weighted by Gasteiger charge is -2.20. The first kappa shape index (κ1) is 12.8. The Labute approximate surface area is 110 Å². The summed E-state index contributed by atoms with van der Waals surface area (Å²) in [5.41, 5.74) is 1.29. The van der Waals surface area contributed by atoms with Crippen molar-refractivity contribution in [3.8, 4) is 0 Å². The van der Waals surface area contributed by atoms with Crippen molar-refractivity contribution < 1.29 is 4.79 Å². The second-order valence-electron chi connectivity index (χ2n) is 5.19. The number of rotatable bonds is 2. The van der Waals surface area contributed by atoms with E-state index in [0.717, 1.165) is 5.52 Å². The summed E-state index contributed by atoms with van der Waals surface area (Å²) in [6, 6.07) is 3.71. The topological polar surface area (TPSA) is 62.7 Å². The van der Waals surface area contributed by atoms with Crippen molar-refractivity contribution in [1.29, 1.82) is 0 Å². The van der Waals surface area contributed by atoms with Crippen molar-refractivity contribution in [2.45, 2.75) is 32.9 Å². The molecule has 0 atom stereocenters. The van der Waals surface area contributed by atoms with Crippen LogP contribution in [0.5, 0.6) is 0 Å². The van der Waals surface area contributed by atoms with Gasteiger partial charge in [-0.05, 0) is 45.1 Å². The van der Waals surface area contributed by atoms with E-state index in [-0.39, 0.29) is 18.0 Å². The number of carbonyl (C=O) groups is 1. The molecule has 6 heteroatoms. The Morgan fingerprint density at radius 3 is 2.94 bits per heavy atom. The first-order valence-corrected chi connectivity index (χ1v) is 6.12. The van der Waals surface area contributed by atoms with E-state index < -0.39 is 0 Å². The summed E-state index contributed by atoms with van der Waals surface area (Å²) in [6.07, 6.45) is 1.68. The van der Waals surface area contributed by atoms with Crippen molar-refractivity contribution in [2.75, 3.05) is 0 Å². The predicted molar refractivity (Wildman–Crippen MR) is 72.8 cm³/mol. The minimum atomic E-state index is -0.251. The van der Waals surface area contributed by atoms with E-state index >= 15 is 0 Å². The van der Waals surface area contributed by atoms with Gasteiger partial charge >= 0.3 is 0 Å². The number of carbonyl (C=O) groups excluding carboxylic acids is 1. The van der Waals surface area contributed by atoms with Gasteiger partial charge in [-0.3, -0.25) is 9.36 Å². The Balaban J connectivity index is 2.30. The van der Waals surface area contributed by atoms with E-state index in [1.165, 1.54) is 0 Å². The second kappa shape index (κ2) is 4.53. The van der Waals surface area contributed by atoms with E-state index in [1.807, 2.05) is 32.9 Å². The summed E-state index contributed by atoms with van der Waals surface area (Å²) in [6.45, 7) is 6.00. The standard InChI is InChI=1S/C12H16N4OS/c1-12(2,3)15-9(17)7-16-10-8(14-11(16)18)5-4-6-13-10/h4-6H,7H2,1-3H3,(H,14,18)(H,15,17). The van der Waals surface area contributed by atoms with Gasteiger partial charge in [0.2, 0.25) is 5.91 Å². The van der Waals surface area contributed by atoms with Gasteiger partial charge in [0, 0.05) is 11.7 Å². The van der Waals surface area contributed by atoms with Crippen LogP contribution in [0.3, 0.4) is 0 Å². The predicted octanol–water partition coefficient (Wildman–Crippen LogP) is 2.01. The first-order chi connectivity index (χ1) is 8.37. The maximum absolute atomic E-state index is 11.9. The van der Waals surface area contributed by atoms with Crippen LogP contribution in [-0.4, -0.2) is 26.0 Å². The van der Waals surface area contributed by atoms with Crippen LogP contribution in [0, 0.1) is 4.77 Å². The molecule has 0 aliphatic rings. The van der Waals surface area contributed by atoms with Gasteiger partial charge in [-0.15, -0.1) is 0 Å². The van der Waals surface area contributed by atoms with Crippen molar-refractivity contribution >= 4 is 29.3 Å². The second-order valence-corrected chi connectivity index (χ2v) is 5.58. The highest BCUT2D eigenvalue weighted by atomic mass is 32.1. The third kappa shape index (κ3) is 2.76. The van der Waals surface area contributed by atoms with Gasteiger partial charge in [-0.2, -0.15) is 0 Å². The summed E-state index contributed by atoms with van der Waals surface area (Å²) in [7, 11) is 0. The molecule has 5 nitrogen and oxygen atoms in total. The van der Waals surface area contributed by atoms with Crippen LogP contribution in [0.15, 0.2) is 18.3 Å². The first-order valence-electron chi connectivity index (χ1n) is 5.71. The van der Waals surface area contributed by atoms with Gasteiger partial charge in [0.25, 0.3) is 0 Å². The highest BCUT2D eigenvalue weighted by Crippen LogP contribution is 2.10. The Morgan fingerprint density at radius 2 is 2.28 bits per heavy atom. The zero-order valence-corrected chi connectivity index (χ0v) is 11.5. The van der Waals surface area contributed by atoms with Gasteiger partial charge in [0.1, 0.15) is 6.54 Å². The average molecular weight is 264 g/mol. The molecule has 1 amide bonds. The van der Waals surface area contributed by atoms with Gasteiger partial charge < -0.3 is 10.3 Å². The molecule has 96 valence electrons. The van der Waals surface area contributed by atoms with Crippen molar-refractivity contribution in [3.05, 3.63) is 23.1 Å². The minimum Gasteiger partial charge on any atom is -0.350 e. The van der Waals surface area contributed by atoms with E-state index in [1.54, 1.807) is 10.8 Å². The molecule has 0 radical (unpaired) electrons. The maximum Gasteiger partial charge on any atom is 0.240 e. The van der Waals surface area contributed by atoms with Crippen molar-refractivity contribution in [1.82, 2.24) is 19.9 Å². The van der Waals surface area contributed by atoms with Crippen LogP contribution >= 0.6 is 12.2 Å². The van der Waals surface area contributed by atoms with E-state index in [9.17, 15) is 4.79 Å². The number of fused-ring (bicyclic) bond motifs is 1. The molecule has 0 saturated carbocycles. The summed E-state index contributed by atoms with van der Waals surface area (Å²) < 4.78 is 2.21. The van der Waals surface area contributed by atoms with Gasteiger partial charge in [-0.1, -0.05) is 0 Å². The van der Waals surface area contributed by atoms with Crippen LogP contribution < -0.4 is 5.32 Å². The average Bonchev–Trinajstić information content (AvgIpc) is 2.53. The fourth-order valence-electron chi connectivity index (χ4n) is 1.74. The number of hydrogen-bond donors (Lipinski definition) is 2.